The zero-order valence-electron chi connectivity index (χ0n) is 20.3. The standard InChI is InChI=1S/C29H34N4O/c1-29(2,3)26(32(20-12-19-30)28(34)23-15-8-5-9-16-23)27-31-24-17-10-11-18-25(24)33(27)21-22-13-6-4-7-14-22/h4-11,13-18,26H,12,19-21,30H2,1-3H3/t26-/m0/s1. The third kappa shape index (κ3) is 5.05. The minimum Gasteiger partial charge on any atom is -0.330 e. The number of hydrogen-bond donors (Lipinski definition) is 1. The Kier molecular flexibility index (Phi) is 7.13. The first kappa shape index (κ1) is 23.7. The average Bonchev–Trinajstić information content (AvgIpc) is 3.19. The SMILES string of the molecule is CC(C)(C)[C@H](c1nc2ccccc2n1Cc1ccccc1)N(CCCN)C(=O)c1ccccc1. The Labute approximate surface area is 202 Å². The molecule has 0 bridgehead atoms. The van der Waals surface area contributed by atoms with Gasteiger partial charge in [-0.25, -0.2) is 4.98 Å². The van der Waals surface area contributed by atoms with Gasteiger partial charge in [0, 0.05) is 18.7 Å². The van der Waals surface area contributed by atoms with Crippen LogP contribution in [0, 0.1) is 5.41 Å². The first-order valence-electron chi connectivity index (χ1n) is 12.0. The van der Waals surface area contributed by atoms with Crippen LogP contribution in [-0.4, -0.2) is 33.4 Å². The maximum atomic E-state index is 13.8. The molecule has 3 aromatic carbocycles. The zero-order chi connectivity index (χ0) is 24.1. The highest BCUT2D eigenvalue weighted by Gasteiger charge is 2.38. The molecule has 0 spiro atoms. The van der Waals surface area contributed by atoms with Crippen LogP contribution in [0.5, 0.6) is 0 Å². The van der Waals surface area contributed by atoms with Crippen LogP contribution in [0.3, 0.4) is 0 Å². The summed E-state index contributed by atoms with van der Waals surface area (Å²) < 4.78 is 2.27. The minimum absolute atomic E-state index is 0.00675. The monoisotopic (exact) mass is 454 g/mol. The van der Waals surface area contributed by atoms with Crippen molar-refractivity contribution in [3.63, 3.8) is 0 Å². The molecule has 0 fully saturated rings. The Balaban J connectivity index is 1.88. The van der Waals surface area contributed by atoms with Gasteiger partial charge in [0.25, 0.3) is 5.91 Å². The molecular formula is C29H34N4O. The van der Waals surface area contributed by atoms with Gasteiger partial charge in [0.1, 0.15) is 5.82 Å². The van der Waals surface area contributed by atoms with E-state index in [1.807, 2.05) is 59.5 Å². The number of nitrogens with zero attached hydrogens (tertiary/aromatic N) is 3. The third-order valence-electron chi connectivity index (χ3n) is 6.13. The molecule has 4 rings (SSSR count). The van der Waals surface area contributed by atoms with Gasteiger partial charge >= 0.3 is 0 Å². The van der Waals surface area contributed by atoms with E-state index in [2.05, 4.69) is 55.7 Å². The molecule has 4 aromatic rings. The molecule has 1 aromatic heterocycles. The molecule has 0 aliphatic carbocycles. The summed E-state index contributed by atoms with van der Waals surface area (Å²) in [7, 11) is 0. The number of para-hydroxylation sites is 2. The molecule has 0 aliphatic heterocycles. The summed E-state index contributed by atoms with van der Waals surface area (Å²) >= 11 is 0. The second-order valence-electron chi connectivity index (χ2n) is 9.81. The van der Waals surface area contributed by atoms with E-state index in [0.29, 0.717) is 25.2 Å². The van der Waals surface area contributed by atoms with Gasteiger partial charge < -0.3 is 15.2 Å². The molecule has 34 heavy (non-hydrogen) atoms. The molecule has 1 atom stereocenters. The lowest BCUT2D eigenvalue weighted by molar-refractivity contribution is 0.0483. The number of carbonyl (C=O) groups is 1. The van der Waals surface area contributed by atoms with Crippen molar-refractivity contribution in [1.82, 2.24) is 14.5 Å². The summed E-state index contributed by atoms with van der Waals surface area (Å²) in [5, 5.41) is 0. The van der Waals surface area contributed by atoms with Gasteiger partial charge in [-0.1, -0.05) is 81.4 Å². The van der Waals surface area contributed by atoms with Gasteiger partial charge in [-0.3, -0.25) is 4.79 Å². The number of hydrogen-bond acceptors (Lipinski definition) is 3. The Bertz CT molecular complexity index is 1230. The van der Waals surface area contributed by atoms with E-state index in [9.17, 15) is 4.79 Å². The predicted molar refractivity (Wildman–Crippen MR) is 139 cm³/mol. The van der Waals surface area contributed by atoms with Crippen LogP contribution < -0.4 is 5.73 Å². The minimum atomic E-state index is -0.255. The fraction of sp³-hybridized carbons (Fsp3) is 0.310. The van der Waals surface area contributed by atoms with E-state index in [4.69, 9.17) is 10.7 Å². The lowest BCUT2D eigenvalue weighted by Crippen LogP contribution is -2.43. The molecule has 5 heteroatoms. The Morgan fingerprint density at radius 3 is 2.21 bits per heavy atom. The molecule has 0 aliphatic rings. The largest absolute Gasteiger partial charge is 0.330 e. The summed E-state index contributed by atoms with van der Waals surface area (Å²) in [6, 6.07) is 27.9. The number of rotatable bonds is 8. The van der Waals surface area contributed by atoms with Crippen LogP contribution >= 0.6 is 0 Å². The fourth-order valence-electron chi connectivity index (χ4n) is 4.59. The van der Waals surface area contributed by atoms with Crippen LogP contribution in [0.2, 0.25) is 0 Å². The smallest absolute Gasteiger partial charge is 0.254 e. The van der Waals surface area contributed by atoms with Crippen LogP contribution in [0.1, 0.15) is 55.0 Å². The van der Waals surface area contributed by atoms with Crippen LogP contribution in [0.15, 0.2) is 84.9 Å². The van der Waals surface area contributed by atoms with E-state index in [1.165, 1.54) is 5.56 Å². The molecule has 1 heterocycles. The molecule has 176 valence electrons. The van der Waals surface area contributed by atoms with Crippen molar-refractivity contribution in [2.75, 3.05) is 13.1 Å². The van der Waals surface area contributed by atoms with Crippen molar-refractivity contribution in [2.24, 2.45) is 11.1 Å². The Morgan fingerprint density at radius 2 is 1.56 bits per heavy atom. The van der Waals surface area contributed by atoms with Crippen molar-refractivity contribution >= 4 is 16.9 Å². The number of aromatic nitrogens is 2. The highest BCUT2D eigenvalue weighted by Crippen LogP contribution is 2.40. The molecule has 0 saturated carbocycles. The maximum Gasteiger partial charge on any atom is 0.254 e. The van der Waals surface area contributed by atoms with Gasteiger partial charge in [-0.15, -0.1) is 0 Å². The molecule has 0 radical (unpaired) electrons. The summed E-state index contributed by atoms with van der Waals surface area (Å²) in [4.78, 5) is 20.9. The highest BCUT2D eigenvalue weighted by atomic mass is 16.2. The van der Waals surface area contributed by atoms with Crippen molar-refractivity contribution in [1.29, 1.82) is 0 Å². The molecular weight excluding hydrogens is 420 g/mol. The van der Waals surface area contributed by atoms with Crippen LogP contribution in [0.4, 0.5) is 0 Å². The number of amides is 1. The zero-order valence-corrected chi connectivity index (χ0v) is 20.3. The first-order valence-corrected chi connectivity index (χ1v) is 12.0. The highest BCUT2D eigenvalue weighted by molar-refractivity contribution is 5.94. The van der Waals surface area contributed by atoms with Gasteiger partial charge in [-0.05, 0) is 48.2 Å². The lowest BCUT2D eigenvalue weighted by Gasteiger charge is -2.40. The van der Waals surface area contributed by atoms with E-state index in [-0.39, 0.29) is 17.4 Å². The summed E-state index contributed by atoms with van der Waals surface area (Å²) in [5.74, 6) is 0.908. The normalized spacial score (nSPS) is 12.6. The topological polar surface area (TPSA) is 64.2 Å². The molecule has 5 nitrogen and oxygen atoms in total. The van der Waals surface area contributed by atoms with Gasteiger partial charge in [0.2, 0.25) is 0 Å². The first-order chi connectivity index (χ1) is 16.4. The second-order valence-corrected chi connectivity index (χ2v) is 9.81. The molecule has 2 N–H and O–H groups in total. The van der Waals surface area contributed by atoms with E-state index in [0.717, 1.165) is 23.3 Å². The number of imidazole rings is 1. The van der Waals surface area contributed by atoms with Crippen molar-refractivity contribution < 1.29 is 4.79 Å². The maximum absolute atomic E-state index is 13.8. The van der Waals surface area contributed by atoms with Crippen molar-refractivity contribution in [2.45, 2.75) is 39.8 Å². The summed E-state index contributed by atoms with van der Waals surface area (Å²) in [6.07, 6.45) is 0.726. The number of nitrogens with two attached hydrogens (primary N) is 1. The van der Waals surface area contributed by atoms with Crippen molar-refractivity contribution in [3.05, 3.63) is 102 Å². The van der Waals surface area contributed by atoms with Gasteiger partial charge in [-0.2, -0.15) is 0 Å². The molecule has 0 unspecified atom stereocenters. The van der Waals surface area contributed by atoms with E-state index < -0.39 is 0 Å². The van der Waals surface area contributed by atoms with E-state index >= 15 is 0 Å². The summed E-state index contributed by atoms with van der Waals surface area (Å²) in [6.45, 7) is 8.32. The van der Waals surface area contributed by atoms with E-state index in [1.54, 1.807) is 0 Å². The predicted octanol–water partition coefficient (Wildman–Crippen LogP) is 5.66. The molecule has 1 amide bonds. The lowest BCUT2D eigenvalue weighted by atomic mass is 9.84. The number of benzene rings is 3. The average molecular weight is 455 g/mol. The van der Waals surface area contributed by atoms with Gasteiger partial charge in [0.15, 0.2) is 0 Å². The van der Waals surface area contributed by atoms with Crippen LogP contribution in [0.25, 0.3) is 11.0 Å². The quantitative estimate of drug-likeness (QED) is 0.373. The second kappa shape index (κ2) is 10.2. The molecule has 0 saturated heterocycles. The van der Waals surface area contributed by atoms with Gasteiger partial charge in [0.05, 0.1) is 17.1 Å². The third-order valence-corrected chi connectivity index (χ3v) is 6.13. The Hall–Kier alpha value is -3.44. The summed E-state index contributed by atoms with van der Waals surface area (Å²) in [5.41, 5.74) is 9.53. The van der Waals surface area contributed by atoms with Crippen LogP contribution in [-0.2, 0) is 6.54 Å². The number of carbonyl (C=O) groups excluding carboxylic acids is 1. The Morgan fingerprint density at radius 1 is 0.941 bits per heavy atom. The fourth-order valence-corrected chi connectivity index (χ4v) is 4.59. The number of fused-ring (bicyclic) bond motifs is 1. The van der Waals surface area contributed by atoms with Crippen molar-refractivity contribution in [3.8, 4) is 0 Å².